The van der Waals surface area contributed by atoms with Crippen LogP contribution in [0.15, 0.2) is 18.2 Å². The van der Waals surface area contributed by atoms with Crippen molar-refractivity contribution < 1.29 is 58.2 Å². The van der Waals surface area contributed by atoms with Gasteiger partial charge in [-0.25, -0.2) is 8.42 Å². The first kappa shape index (κ1) is 33.8. The van der Waals surface area contributed by atoms with Crippen LogP contribution in [0.2, 0.25) is 5.02 Å². The third-order valence-electron chi connectivity index (χ3n) is 7.05. The van der Waals surface area contributed by atoms with Gasteiger partial charge in [-0.05, 0) is 50.7 Å². The fraction of sp³-hybridized carbons (Fsp3) is 0.583. The van der Waals surface area contributed by atoms with Crippen LogP contribution >= 0.6 is 11.6 Å². The number of sulfone groups is 1. The zero-order valence-electron chi connectivity index (χ0n) is 22.0. The lowest BCUT2D eigenvalue weighted by molar-refractivity contribution is -0.376. The molecule has 1 aliphatic carbocycles. The Morgan fingerprint density at radius 3 is 2.19 bits per heavy atom. The highest BCUT2D eigenvalue weighted by Gasteiger charge is 2.71. The van der Waals surface area contributed by atoms with Gasteiger partial charge in [0.1, 0.15) is 15.6 Å². The van der Waals surface area contributed by atoms with Crippen LogP contribution in [0.25, 0.3) is 11.3 Å². The Morgan fingerprint density at radius 1 is 1.14 bits per heavy atom. The predicted octanol–water partition coefficient (Wildman–Crippen LogP) is 5.47. The Hall–Kier alpha value is -2.66. The normalized spacial score (nSPS) is 18.8. The molecule has 1 aromatic heterocycles. The number of carbonyl (C=O) groups is 1. The minimum Gasteiger partial charge on any atom is -0.434 e. The van der Waals surface area contributed by atoms with Crippen molar-refractivity contribution in [3.05, 3.63) is 34.5 Å². The van der Waals surface area contributed by atoms with Crippen molar-refractivity contribution in [1.29, 1.82) is 0 Å². The SMILES string of the molecule is CCn1nc(C(=O)NC[C@H]2CC[C@@H](S(C)(=O)=O)CC2)c(Cl)c1-c1ccc(C(O)(C(F)(F)F)C(F)(F)F)cc1OC(F)F. The Morgan fingerprint density at radius 2 is 1.71 bits per heavy atom. The van der Waals surface area contributed by atoms with Gasteiger partial charge >= 0.3 is 19.0 Å². The summed E-state index contributed by atoms with van der Waals surface area (Å²) >= 11 is 6.35. The molecule has 0 radical (unpaired) electrons. The quantitative estimate of drug-likeness (QED) is 0.347. The Labute approximate surface area is 239 Å². The third-order valence-corrected chi connectivity index (χ3v) is 9.09. The van der Waals surface area contributed by atoms with Gasteiger partial charge in [-0.1, -0.05) is 17.7 Å². The number of aromatic nitrogens is 2. The number of aliphatic hydroxyl groups is 1. The molecule has 1 amide bonds. The van der Waals surface area contributed by atoms with Gasteiger partial charge in [-0.3, -0.25) is 9.48 Å². The van der Waals surface area contributed by atoms with E-state index in [9.17, 15) is 53.4 Å². The molecular formula is C24H26ClF8N3O5S. The van der Waals surface area contributed by atoms with Crippen molar-refractivity contribution in [2.24, 2.45) is 5.92 Å². The van der Waals surface area contributed by atoms with Crippen molar-refractivity contribution in [3.63, 3.8) is 0 Å². The second kappa shape index (κ2) is 12.1. The van der Waals surface area contributed by atoms with E-state index in [4.69, 9.17) is 11.6 Å². The Balaban J connectivity index is 1.97. The van der Waals surface area contributed by atoms with Gasteiger partial charge in [-0.2, -0.15) is 40.2 Å². The summed E-state index contributed by atoms with van der Waals surface area (Å²) in [4.78, 5) is 12.9. The number of alkyl halides is 8. The maximum atomic E-state index is 13.4. The molecule has 8 nitrogen and oxygen atoms in total. The first-order valence-corrected chi connectivity index (χ1v) is 14.7. The molecule has 0 unspecified atom stereocenters. The van der Waals surface area contributed by atoms with Crippen molar-refractivity contribution in [1.82, 2.24) is 15.1 Å². The molecule has 1 fully saturated rings. The van der Waals surface area contributed by atoms with Crippen LogP contribution in [-0.4, -0.2) is 66.2 Å². The van der Waals surface area contributed by atoms with E-state index in [2.05, 4.69) is 15.2 Å². The minimum absolute atomic E-state index is 0.0294. The molecule has 3 rings (SSSR count). The molecule has 1 aliphatic rings. The number of ether oxygens (including phenoxy) is 1. The molecule has 0 spiro atoms. The molecule has 2 N–H and O–H groups in total. The topological polar surface area (TPSA) is 111 Å². The van der Waals surface area contributed by atoms with Crippen LogP contribution < -0.4 is 10.1 Å². The van der Waals surface area contributed by atoms with Crippen LogP contribution in [0.1, 0.15) is 48.7 Å². The molecule has 236 valence electrons. The Kier molecular flexibility index (Phi) is 9.79. The number of nitrogens with zero attached hydrogens (tertiary/aromatic N) is 2. The van der Waals surface area contributed by atoms with Gasteiger partial charge in [0, 0.05) is 30.5 Å². The number of nitrogens with one attached hydrogen (secondary N) is 1. The standard InChI is InChI=1S/C24H26ClF8N3O5S/c1-3-36-19(17(25)18(35-36)20(37)34-11-12-4-7-14(8-5-12)42(2,39)40)15-9-6-13(10-16(15)41-21(26)27)22(38,23(28,29)30)24(31,32)33/h6,9-10,12,14,21,38H,3-5,7-8,11H2,1-2H3,(H,34,37)/t12-,14+. The third kappa shape index (κ3) is 6.77. The Bertz CT molecular complexity index is 1390. The number of hydrogen-bond donors (Lipinski definition) is 2. The molecule has 18 heteroatoms. The number of halogens is 9. The lowest BCUT2D eigenvalue weighted by Gasteiger charge is -2.33. The van der Waals surface area contributed by atoms with Crippen molar-refractivity contribution in [2.45, 2.75) is 69.0 Å². The number of aryl methyl sites for hydroxylation is 1. The van der Waals surface area contributed by atoms with E-state index in [1.165, 1.54) is 6.92 Å². The fourth-order valence-corrected chi connectivity index (χ4v) is 6.23. The average molecular weight is 656 g/mol. The van der Waals surface area contributed by atoms with Gasteiger partial charge in [0.25, 0.3) is 11.5 Å². The zero-order chi connectivity index (χ0) is 31.8. The van der Waals surface area contributed by atoms with E-state index in [1.807, 2.05) is 0 Å². The van der Waals surface area contributed by atoms with Gasteiger partial charge in [-0.15, -0.1) is 0 Å². The van der Waals surface area contributed by atoms with E-state index >= 15 is 0 Å². The summed E-state index contributed by atoms with van der Waals surface area (Å²) in [5, 5.41) is 15.4. The maximum Gasteiger partial charge on any atom is 0.430 e. The highest BCUT2D eigenvalue weighted by atomic mass is 35.5. The molecular weight excluding hydrogens is 630 g/mol. The minimum atomic E-state index is -6.28. The molecule has 1 aromatic carbocycles. The molecule has 0 aliphatic heterocycles. The summed E-state index contributed by atoms with van der Waals surface area (Å²) in [7, 11) is -3.20. The van der Waals surface area contributed by atoms with Crippen LogP contribution in [0.5, 0.6) is 5.75 Å². The second-order valence-electron chi connectivity index (χ2n) is 9.80. The summed E-state index contributed by atoms with van der Waals surface area (Å²) in [6.45, 7) is -2.16. The molecule has 0 atom stereocenters. The monoisotopic (exact) mass is 655 g/mol. The summed E-state index contributed by atoms with van der Waals surface area (Å²) < 4.78 is 135. The summed E-state index contributed by atoms with van der Waals surface area (Å²) in [6.07, 6.45) is -9.56. The van der Waals surface area contributed by atoms with Crippen LogP contribution in [0, 0.1) is 5.92 Å². The zero-order valence-corrected chi connectivity index (χ0v) is 23.6. The number of rotatable bonds is 9. The van der Waals surface area contributed by atoms with Gasteiger partial charge in [0.05, 0.1) is 16.0 Å². The number of amides is 1. The van der Waals surface area contributed by atoms with Crippen molar-refractivity contribution in [2.75, 3.05) is 12.8 Å². The summed E-state index contributed by atoms with van der Waals surface area (Å²) in [5.41, 5.74) is -8.51. The average Bonchev–Trinajstić information content (AvgIpc) is 3.20. The van der Waals surface area contributed by atoms with Crippen molar-refractivity contribution >= 4 is 27.3 Å². The van der Waals surface area contributed by atoms with E-state index in [1.54, 1.807) is 0 Å². The van der Waals surface area contributed by atoms with E-state index in [0.29, 0.717) is 31.7 Å². The van der Waals surface area contributed by atoms with E-state index in [0.717, 1.165) is 10.9 Å². The highest BCUT2D eigenvalue weighted by molar-refractivity contribution is 7.91. The van der Waals surface area contributed by atoms with Crippen LogP contribution in [-0.2, 0) is 22.0 Å². The predicted molar refractivity (Wildman–Crippen MR) is 134 cm³/mol. The maximum absolute atomic E-state index is 13.4. The smallest absolute Gasteiger partial charge is 0.430 e. The van der Waals surface area contributed by atoms with Crippen molar-refractivity contribution in [3.8, 4) is 17.0 Å². The molecule has 0 bridgehead atoms. The molecule has 0 saturated heterocycles. The van der Waals surface area contributed by atoms with Gasteiger partial charge in [0.2, 0.25) is 0 Å². The number of carbonyl (C=O) groups excluding carboxylic acids is 1. The first-order chi connectivity index (χ1) is 19.2. The second-order valence-corrected chi connectivity index (χ2v) is 12.5. The van der Waals surface area contributed by atoms with E-state index in [-0.39, 0.29) is 36.8 Å². The van der Waals surface area contributed by atoms with Gasteiger partial charge < -0.3 is 15.2 Å². The largest absolute Gasteiger partial charge is 0.434 e. The van der Waals surface area contributed by atoms with Crippen LogP contribution in [0.4, 0.5) is 35.1 Å². The molecule has 1 heterocycles. The number of hydrogen-bond acceptors (Lipinski definition) is 6. The first-order valence-electron chi connectivity index (χ1n) is 12.4. The molecule has 42 heavy (non-hydrogen) atoms. The van der Waals surface area contributed by atoms with Gasteiger partial charge in [0.15, 0.2) is 5.69 Å². The van der Waals surface area contributed by atoms with Crippen LogP contribution in [0.3, 0.4) is 0 Å². The van der Waals surface area contributed by atoms with E-state index < -0.39 is 73.2 Å². The number of benzene rings is 1. The summed E-state index contributed by atoms with van der Waals surface area (Å²) in [5.74, 6) is -2.06. The lowest BCUT2D eigenvalue weighted by Crippen LogP contribution is -2.53. The lowest BCUT2D eigenvalue weighted by atomic mass is 9.89. The molecule has 1 saturated carbocycles. The highest BCUT2D eigenvalue weighted by Crippen LogP contribution is 2.51. The molecule has 2 aromatic rings. The fourth-order valence-electron chi connectivity index (χ4n) is 4.78. The summed E-state index contributed by atoms with van der Waals surface area (Å²) in [6, 6.07) is 0.759.